The SMILES string of the molecule is C=C(C(=O)O)C(C)(C=C(CCCCC)C(=O)O)C=C(C(=O)O)C(C=CC(=O)O)CC(C)C. The maximum absolute atomic E-state index is 12.1. The van der Waals surface area contributed by atoms with Gasteiger partial charge < -0.3 is 20.4 Å². The van der Waals surface area contributed by atoms with Gasteiger partial charge in [-0.15, -0.1) is 0 Å². The first-order valence-corrected chi connectivity index (χ1v) is 10.5. The molecule has 0 heterocycles. The van der Waals surface area contributed by atoms with Crippen LogP contribution in [-0.4, -0.2) is 44.3 Å². The molecule has 8 heteroatoms. The van der Waals surface area contributed by atoms with Crippen molar-refractivity contribution in [2.75, 3.05) is 0 Å². The minimum absolute atomic E-state index is 0.00860. The number of carboxylic acid groups (broad SMARTS) is 4. The van der Waals surface area contributed by atoms with E-state index in [-0.39, 0.29) is 23.5 Å². The Morgan fingerprint density at radius 3 is 1.94 bits per heavy atom. The molecule has 0 aromatic carbocycles. The van der Waals surface area contributed by atoms with Crippen molar-refractivity contribution in [3.63, 3.8) is 0 Å². The number of rotatable bonds is 15. The predicted molar refractivity (Wildman–Crippen MR) is 120 cm³/mol. The molecule has 2 unspecified atom stereocenters. The summed E-state index contributed by atoms with van der Waals surface area (Å²) in [5.74, 6) is -6.04. The van der Waals surface area contributed by atoms with E-state index in [4.69, 9.17) is 5.11 Å². The maximum Gasteiger partial charge on any atom is 0.332 e. The van der Waals surface area contributed by atoms with E-state index >= 15 is 0 Å². The number of carboxylic acids is 4. The number of carbonyl (C=O) groups is 4. The third-order valence-electron chi connectivity index (χ3n) is 5.01. The zero-order valence-corrected chi connectivity index (χ0v) is 19.1. The molecule has 0 aromatic rings. The number of aliphatic carboxylic acids is 4. The Kier molecular flexibility index (Phi) is 12.0. The van der Waals surface area contributed by atoms with Crippen molar-refractivity contribution in [1.29, 1.82) is 0 Å². The van der Waals surface area contributed by atoms with Crippen LogP contribution >= 0.6 is 0 Å². The maximum atomic E-state index is 12.1. The molecule has 0 spiro atoms. The third kappa shape index (κ3) is 9.76. The topological polar surface area (TPSA) is 149 Å². The van der Waals surface area contributed by atoms with Gasteiger partial charge in [-0.3, -0.25) is 0 Å². The van der Waals surface area contributed by atoms with Crippen LogP contribution in [0.1, 0.15) is 59.8 Å². The van der Waals surface area contributed by atoms with Gasteiger partial charge in [-0.2, -0.15) is 0 Å². The van der Waals surface area contributed by atoms with Crippen LogP contribution in [0.5, 0.6) is 0 Å². The van der Waals surface area contributed by atoms with Gasteiger partial charge in [0.1, 0.15) is 0 Å². The zero-order chi connectivity index (χ0) is 25.1. The summed E-state index contributed by atoms with van der Waals surface area (Å²) in [5.41, 5.74) is -2.27. The lowest BCUT2D eigenvalue weighted by Gasteiger charge is -2.26. The predicted octanol–water partition coefficient (Wildman–Crippen LogP) is 4.54. The normalized spacial score (nSPS) is 15.4. The van der Waals surface area contributed by atoms with E-state index < -0.39 is 40.8 Å². The van der Waals surface area contributed by atoms with E-state index in [1.165, 1.54) is 25.2 Å². The van der Waals surface area contributed by atoms with Gasteiger partial charge in [0.05, 0.1) is 0 Å². The first-order valence-electron chi connectivity index (χ1n) is 10.5. The van der Waals surface area contributed by atoms with E-state index in [0.29, 0.717) is 12.8 Å². The number of allylic oxidation sites excluding steroid dienone is 3. The summed E-state index contributed by atoms with van der Waals surface area (Å²) < 4.78 is 0. The fourth-order valence-corrected chi connectivity index (χ4v) is 3.28. The summed E-state index contributed by atoms with van der Waals surface area (Å²) >= 11 is 0. The Bertz CT molecular complexity index is 816. The number of hydrogen-bond donors (Lipinski definition) is 4. The summed E-state index contributed by atoms with van der Waals surface area (Å²) in [6, 6.07) is 0. The molecule has 0 saturated heterocycles. The Morgan fingerprint density at radius 2 is 1.53 bits per heavy atom. The van der Waals surface area contributed by atoms with E-state index in [1.807, 2.05) is 20.8 Å². The Morgan fingerprint density at radius 1 is 0.938 bits per heavy atom. The Balaban J connectivity index is 6.78. The van der Waals surface area contributed by atoms with Crippen LogP contribution < -0.4 is 0 Å². The molecule has 0 saturated carbocycles. The lowest BCUT2D eigenvalue weighted by Crippen LogP contribution is -2.25. The van der Waals surface area contributed by atoms with E-state index in [1.54, 1.807) is 0 Å². The summed E-state index contributed by atoms with van der Waals surface area (Å²) in [6.07, 6.45) is 7.21. The van der Waals surface area contributed by atoms with E-state index in [9.17, 15) is 34.5 Å². The average Bonchev–Trinajstić information content (AvgIpc) is 2.67. The van der Waals surface area contributed by atoms with Crippen LogP contribution in [0.4, 0.5) is 0 Å². The fraction of sp³-hybridized carbons (Fsp3) is 0.500. The van der Waals surface area contributed by atoms with Crippen molar-refractivity contribution in [1.82, 2.24) is 0 Å². The molecule has 8 nitrogen and oxygen atoms in total. The highest BCUT2D eigenvalue weighted by molar-refractivity contribution is 5.93. The molecule has 0 amide bonds. The summed E-state index contributed by atoms with van der Waals surface area (Å²) in [6.45, 7) is 10.6. The second kappa shape index (κ2) is 13.3. The molecule has 178 valence electrons. The van der Waals surface area contributed by atoms with Crippen LogP contribution in [0, 0.1) is 17.3 Å². The van der Waals surface area contributed by atoms with Crippen LogP contribution in [0.15, 0.2) is 47.6 Å². The van der Waals surface area contributed by atoms with Crippen molar-refractivity contribution in [3.05, 3.63) is 47.6 Å². The molecule has 0 aliphatic heterocycles. The van der Waals surface area contributed by atoms with Crippen LogP contribution in [0.2, 0.25) is 0 Å². The Labute approximate surface area is 188 Å². The number of hydrogen-bond acceptors (Lipinski definition) is 4. The van der Waals surface area contributed by atoms with Gasteiger partial charge in [-0.05, 0) is 32.1 Å². The molecule has 0 aromatic heterocycles. The molecule has 0 fully saturated rings. The molecule has 4 N–H and O–H groups in total. The third-order valence-corrected chi connectivity index (χ3v) is 5.01. The minimum atomic E-state index is -1.62. The van der Waals surface area contributed by atoms with Crippen LogP contribution in [0.3, 0.4) is 0 Å². The van der Waals surface area contributed by atoms with Crippen molar-refractivity contribution < 1.29 is 39.6 Å². The lowest BCUT2D eigenvalue weighted by atomic mass is 9.76. The highest BCUT2D eigenvalue weighted by atomic mass is 16.4. The molecule has 0 bridgehead atoms. The molecule has 0 aliphatic carbocycles. The quantitative estimate of drug-likeness (QED) is 0.210. The molecular formula is C24H34O8. The zero-order valence-electron chi connectivity index (χ0n) is 19.1. The van der Waals surface area contributed by atoms with Gasteiger partial charge >= 0.3 is 23.9 Å². The highest BCUT2D eigenvalue weighted by Gasteiger charge is 2.33. The van der Waals surface area contributed by atoms with E-state index in [2.05, 4.69) is 6.58 Å². The summed E-state index contributed by atoms with van der Waals surface area (Å²) in [7, 11) is 0. The molecule has 0 aliphatic rings. The monoisotopic (exact) mass is 450 g/mol. The average molecular weight is 451 g/mol. The smallest absolute Gasteiger partial charge is 0.332 e. The van der Waals surface area contributed by atoms with Crippen molar-refractivity contribution in [2.24, 2.45) is 17.3 Å². The molecule has 0 radical (unpaired) electrons. The van der Waals surface area contributed by atoms with Gasteiger partial charge in [0.25, 0.3) is 0 Å². The van der Waals surface area contributed by atoms with Crippen molar-refractivity contribution >= 4 is 23.9 Å². The largest absolute Gasteiger partial charge is 0.478 e. The lowest BCUT2D eigenvalue weighted by molar-refractivity contribution is -0.134. The first kappa shape index (κ1) is 28.8. The van der Waals surface area contributed by atoms with Crippen LogP contribution in [0.25, 0.3) is 0 Å². The van der Waals surface area contributed by atoms with Crippen LogP contribution in [-0.2, 0) is 19.2 Å². The van der Waals surface area contributed by atoms with Gasteiger partial charge in [-0.25, -0.2) is 19.2 Å². The van der Waals surface area contributed by atoms with Crippen molar-refractivity contribution in [3.8, 4) is 0 Å². The van der Waals surface area contributed by atoms with Gasteiger partial charge in [0.15, 0.2) is 0 Å². The van der Waals surface area contributed by atoms with Crippen molar-refractivity contribution in [2.45, 2.75) is 59.8 Å². The molecule has 2 atom stereocenters. The van der Waals surface area contributed by atoms with Gasteiger partial charge in [0.2, 0.25) is 0 Å². The molecular weight excluding hydrogens is 416 g/mol. The highest BCUT2D eigenvalue weighted by Crippen LogP contribution is 2.36. The summed E-state index contributed by atoms with van der Waals surface area (Å²) in [4.78, 5) is 46.6. The molecule has 0 rings (SSSR count). The summed E-state index contributed by atoms with van der Waals surface area (Å²) in [5, 5.41) is 38.0. The van der Waals surface area contributed by atoms with Gasteiger partial charge in [0, 0.05) is 34.1 Å². The standard InChI is InChI=1S/C24H34O8/c1-6-7-8-9-18(22(29)30)13-24(5,16(4)21(27)28)14-19(23(31)32)17(12-15(2)3)10-11-20(25)26/h10-11,13-15,17H,4,6-9,12H2,1-3,5H3,(H,25,26)(H,27,28)(H,29,30)(H,31,32). The molecule has 32 heavy (non-hydrogen) atoms. The minimum Gasteiger partial charge on any atom is -0.478 e. The van der Waals surface area contributed by atoms with Gasteiger partial charge in [-0.1, -0.05) is 58.4 Å². The fourth-order valence-electron chi connectivity index (χ4n) is 3.28. The Hall–Kier alpha value is -3.16. The second-order valence-electron chi connectivity index (χ2n) is 8.34. The number of unbranched alkanes of at least 4 members (excludes halogenated alkanes) is 2. The van der Waals surface area contributed by atoms with E-state index in [0.717, 1.165) is 18.9 Å². The second-order valence-corrected chi connectivity index (χ2v) is 8.34. The first-order chi connectivity index (χ1) is 14.7.